The van der Waals surface area contributed by atoms with Crippen LogP contribution < -0.4 is 4.74 Å². The summed E-state index contributed by atoms with van der Waals surface area (Å²) < 4.78 is 12.7. The van der Waals surface area contributed by atoms with Gasteiger partial charge in [-0.05, 0) is 73.7 Å². The third kappa shape index (κ3) is 3.45. The Morgan fingerprint density at radius 3 is 2.71 bits per heavy atom. The van der Waals surface area contributed by atoms with Crippen molar-refractivity contribution >= 4 is 17.2 Å². The lowest BCUT2D eigenvalue weighted by atomic mass is 9.54. The molecule has 1 aromatic heterocycles. The summed E-state index contributed by atoms with van der Waals surface area (Å²) in [5, 5.41) is 11.5. The van der Waals surface area contributed by atoms with E-state index in [9.17, 15) is 5.11 Å². The van der Waals surface area contributed by atoms with Crippen molar-refractivity contribution in [1.82, 2.24) is 9.88 Å². The van der Waals surface area contributed by atoms with Crippen LogP contribution >= 0.6 is 11.6 Å². The summed E-state index contributed by atoms with van der Waals surface area (Å²) >= 11 is 6.14. The molecular formula is C32H33ClN2O3. The van der Waals surface area contributed by atoms with Crippen molar-refractivity contribution in [1.29, 1.82) is 0 Å². The van der Waals surface area contributed by atoms with E-state index in [4.69, 9.17) is 21.1 Å². The summed E-state index contributed by atoms with van der Waals surface area (Å²) in [6, 6.07) is 18.3. The highest BCUT2D eigenvalue weighted by Gasteiger charge is 2.89. The van der Waals surface area contributed by atoms with Gasteiger partial charge in [-0.2, -0.15) is 0 Å². The number of pyridine rings is 1. The van der Waals surface area contributed by atoms with Crippen molar-refractivity contribution < 1.29 is 14.6 Å². The van der Waals surface area contributed by atoms with Gasteiger partial charge < -0.3 is 14.6 Å². The molecule has 3 atom stereocenters. The monoisotopic (exact) mass is 528 g/mol. The molecule has 196 valence electrons. The number of aromatic nitrogens is 1. The van der Waals surface area contributed by atoms with Crippen molar-refractivity contribution in [2.45, 2.75) is 57.0 Å². The van der Waals surface area contributed by atoms with Crippen molar-refractivity contribution in [3.63, 3.8) is 0 Å². The average Bonchev–Trinajstić information content (AvgIpc) is 3.42. The Morgan fingerprint density at radius 2 is 1.92 bits per heavy atom. The van der Waals surface area contributed by atoms with Gasteiger partial charge in [-0.15, -0.1) is 0 Å². The topological polar surface area (TPSA) is 58.1 Å². The molecule has 4 aliphatic rings. The number of hydrogen-bond donors (Lipinski definition) is 1. The Hall–Kier alpha value is -2.70. The Morgan fingerprint density at radius 1 is 1.11 bits per heavy atom. The molecule has 1 aliphatic carbocycles. The molecular weight excluding hydrogens is 496 g/mol. The quantitative estimate of drug-likeness (QED) is 0.407. The zero-order valence-corrected chi connectivity index (χ0v) is 22.9. The van der Waals surface area contributed by atoms with Crippen LogP contribution in [0.1, 0.15) is 61.6 Å². The van der Waals surface area contributed by atoms with E-state index in [0.29, 0.717) is 6.61 Å². The number of fused-ring (bicyclic) bond motifs is 2. The van der Waals surface area contributed by atoms with Crippen LogP contribution in [-0.2, 0) is 22.5 Å². The number of rotatable bonds is 5. The number of epoxide rings is 1. The van der Waals surface area contributed by atoms with Gasteiger partial charge in [0.1, 0.15) is 23.6 Å². The van der Waals surface area contributed by atoms with E-state index in [-0.39, 0.29) is 16.6 Å². The maximum absolute atomic E-state index is 10.7. The van der Waals surface area contributed by atoms with Gasteiger partial charge in [0.25, 0.3) is 0 Å². The number of benzene rings is 2. The lowest BCUT2D eigenvalue weighted by Crippen LogP contribution is -2.52. The van der Waals surface area contributed by atoms with Crippen molar-refractivity contribution in [2.75, 3.05) is 19.6 Å². The van der Waals surface area contributed by atoms with Gasteiger partial charge in [-0.3, -0.25) is 9.88 Å². The Bertz CT molecular complexity index is 1460. The Balaban J connectivity index is 1.15. The number of hydrogen-bond acceptors (Lipinski definition) is 5. The van der Waals surface area contributed by atoms with Gasteiger partial charge in [0.2, 0.25) is 0 Å². The van der Waals surface area contributed by atoms with E-state index in [0.717, 1.165) is 71.2 Å². The van der Waals surface area contributed by atoms with Gasteiger partial charge in [-0.1, -0.05) is 48.9 Å². The molecule has 3 aromatic rings. The smallest absolute Gasteiger partial charge is 0.131 e. The average molecular weight is 529 g/mol. The summed E-state index contributed by atoms with van der Waals surface area (Å²) in [4.78, 5) is 7.18. The summed E-state index contributed by atoms with van der Waals surface area (Å²) in [5.74, 6) is 0.826. The molecule has 5 nitrogen and oxygen atoms in total. The fourth-order valence-electron chi connectivity index (χ4n) is 7.26. The minimum Gasteiger partial charge on any atom is -0.487 e. The van der Waals surface area contributed by atoms with Gasteiger partial charge >= 0.3 is 0 Å². The predicted molar refractivity (Wildman–Crippen MR) is 148 cm³/mol. The predicted octanol–water partition coefficient (Wildman–Crippen LogP) is 6.07. The van der Waals surface area contributed by atoms with E-state index >= 15 is 0 Å². The van der Waals surface area contributed by atoms with Crippen molar-refractivity contribution in [3.8, 4) is 5.75 Å². The molecule has 0 amide bonds. The minimum atomic E-state index is -0.936. The first kappa shape index (κ1) is 24.3. The molecule has 1 saturated carbocycles. The minimum absolute atomic E-state index is 0.0815. The molecule has 0 radical (unpaired) electrons. The normalized spacial score (nSPS) is 30.4. The number of nitrogens with zero attached hydrogens (tertiary/aromatic N) is 2. The van der Waals surface area contributed by atoms with Crippen LogP contribution in [0.5, 0.6) is 5.75 Å². The number of aliphatic hydroxyl groups is 1. The standard InChI is InChI=1S/C32H33ClN2O3/c1-29(2,36)22-10-13-28-26(16-22)24(25-6-4-14-34-27(25)17-37-28)7-5-15-35-19-30(3)18-31(32(30,20-35)38-31)21-8-11-23(33)12-9-21/h4,6-14,16,36H,5,15,17-20H2,1-3H3/b24-7+/t30?,31-,32?/m0/s1. The van der Waals surface area contributed by atoms with Crippen LogP contribution in [0.4, 0.5) is 0 Å². The van der Waals surface area contributed by atoms with Gasteiger partial charge in [-0.25, -0.2) is 0 Å². The Kier molecular flexibility index (Phi) is 5.22. The molecule has 3 fully saturated rings. The van der Waals surface area contributed by atoms with E-state index in [2.05, 4.69) is 47.1 Å². The molecule has 1 N–H and O–H groups in total. The van der Waals surface area contributed by atoms with Crippen LogP contribution in [0.25, 0.3) is 5.57 Å². The first-order valence-electron chi connectivity index (χ1n) is 13.5. The first-order chi connectivity index (χ1) is 18.1. The second-order valence-electron chi connectivity index (χ2n) is 12.2. The second kappa shape index (κ2) is 8.15. The van der Waals surface area contributed by atoms with Crippen LogP contribution in [-0.4, -0.2) is 40.2 Å². The first-order valence-corrected chi connectivity index (χ1v) is 13.9. The van der Waals surface area contributed by atoms with Crippen molar-refractivity contribution in [3.05, 3.63) is 99.8 Å². The van der Waals surface area contributed by atoms with Crippen LogP contribution in [0.2, 0.25) is 5.02 Å². The molecule has 2 aromatic carbocycles. The van der Waals surface area contributed by atoms with E-state index in [1.165, 1.54) is 5.56 Å². The largest absolute Gasteiger partial charge is 0.487 e. The van der Waals surface area contributed by atoms with Crippen LogP contribution in [0.15, 0.2) is 66.9 Å². The molecule has 1 spiro atoms. The van der Waals surface area contributed by atoms with Crippen LogP contribution in [0.3, 0.4) is 0 Å². The van der Waals surface area contributed by atoms with Gasteiger partial charge in [0.05, 0.1) is 11.3 Å². The third-order valence-electron chi connectivity index (χ3n) is 9.22. The third-order valence-corrected chi connectivity index (χ3v) is 9.47. The van der Waals surface area contributed by atoms with Crippen molar-refractivity contribution in [2.24, 2.45) is 5.41 Å². The maximum atomic E-state index is 10.7. The highest BCUT2D eigenvalue weighted by atomic mass is 35.5. The van der Waals surface area contributed by atoms with Crippen LogP contribution in [0, 0.1) is 5.41 Å². The molecule has 3 aliphatic heterocycles. The molecule has 6 heteroatoms. The summed E-state index contributed by atoms with van der Waals surface area (Å²) in [5.41, 5.74) is 5.30. The zero-order chi connectivity index (χ0) is 26.3. The summed E-state index contributed by atoms with van der Waals surface area (Å²) in [6.45, 7) is 9.40. The maximum Gasteiger partial charge on any atom is 0.131 e. The Labute approximate surface area is 229 Å². The lowest BCUT2D eigenvalue weighted by Gasteiger charge is -2.42. The number of halogens is 1. The lowest BCUT2D eigenvalue weighted by molar-refractivity contribution is 0.0785. The van der Waals surface area contributed by atoms with E-state index in [1.54, 1.807) is 0 Å². The zero-order valence-electron chi connectivity index (χ0n) is 22.1. The second-order valence-corrected chi connectivity index (χ2v) is 12.6. The highest BCUT2D eigenvalue weighted by Crippen LogP contribution is 2.80. The highest BCUT2D eigenvalue weighted by molar-refractivity contribution is 6.30. The molecule has 7 rings (SSSR count). The fraction of sp³-hybridized carbons (Fsp3) is 0.406. The SMILES string of the molecule is CC(C)(O)c1ccc2c(c1)/C(=C/CCN1CC3(C)C[C@@]4(c5ccc(Cl)cc5)OC34C1)c1cccnc1CO2. The van der Waals surface area contributed by atoms with E-state index in [1.807, 2.05) is 50.4 Å². The van der Waals surface area contributed by atoms with E-state index < -0.39 is 5.60 Å². The molecule has 2 saturated heterocycles. The molecule has 38 heavy (non-hydrogen) atoms. The van der Waals surface area contributed by atoms with Gasteiger partial charge in [0, 0.05) is 47.4 Å². The molecule has 2 unspecified atom stereocenters. The molecule has 0 bridgehead atoms. The molecule has 4 heterocycles. The number of ether oxygens (including phenoxy) is 2. The fourth-order valence-corrected chi connectivity index (χ4v) is 7.39. The summed E-state index contributed by atoms with van der Waals surface area (Å²) in [6.07, 6.45) is 6.10. The van der Waals surface area contributed by atoms with Gasteiger partial charge in [0.15, 0.2) is 0 Å². The summed E-state index contributed by atoms with van der Waals surface area (Å²) in [7, 11) is 0. The number of likely N-dealkylation sites (tertiary alicyclic amines) is 1.